The van der Waals surface area contributed by atoms with Crippen LogP contribution in [0.15, 0.2) is 29.2 Å². The number of hydrogen-bond donors (Lipinski definition) is 1. The van der Waals surface area contributed by atoms with Gasteiger partial charge >= 0.3 is 5.97 Å². The summed E-state index contributed by atoms with van der Waals surface area (Å²) in [5, 5.41) is 11.7. The van der Waals surface area contributed by atoms with Crippen LogP contribution < -0.4 is 5.32 Å². The lowest BCUT2D eigenvalue weighted by atomic mass is 9.98. The predicted octanol–water partition coefficient (Wildman–Crippen LogP) is 1.06. The maximum atomic E-state index is 12.1. The SMILES string of the molecule is C[C@@](C#N)(NC(=O)COC(=O)c1ccccc1S(C)(=O)=O)C1CC1. The molecule has 1 atom stereocenters. The van der Waals surface area contributed by atoms with Crippen LogP contribution in [0, 0.1) is 17.2 Å². The third-order valence-corrected chi connectivity index (χ3v) is 5.02. The summed E-state index contributed by atoms with van der Waals surface area (Å²) in [6.07, 6.45) is 2.72. The lowest BCUT2D eigenvalue weighted by Gasteiger charge is -2.22. The normalized spacial score (nSPS) is 16.5. The lowest BCUT2D eigenvalue weighted by molar-refractivity contribution is -0.125. The Morgan fingerprint density at radius 3 is 2.54 bits per heavy atom. The standard InChI is InChI=1S/C16H18N2O5S/c1-16(10-17,11-7-8-11)18-14(19)9-23-15(20)12-5-3-4-6-13(12)24(2,21)22/h3-6,11H,7-9H2,1-2H3,(H,18,19)/t16-/m0/s1. The fourth-order valence-corrected chi connectivity index (χ4v) is 3.25. The van der Waals surface area contributed by atoms with Crippen molar-refractivity contribution in [3.8, 4) is 6.07 Å². The second kappa shape index (κ2) is 6.61. The minimum atomic E-state index is -3.60. The summed E-state index contributed by atoms with van der Waals surface area (Å²) in [7, 11) is -3.60. The predicted molar refractivity (Wildman–Crippen MR) is 84.7 cm³/mol. The molecule has 1 aromatic rings. The minimum absolute atomic E-state index is 0.105. The van der Waals surface area contributed by atoms with E-state index in [1.54, 1.807) is 6.92 Å². The zero-order chi connectivity index (χ0) is 18.0. The van der Waals surface area contributed by atoms with Crippen LogP contribution in [0.5, 0.6) is 0 Å². The molecule has 2 rings (SSSR count). The Balaban J connectivity index is 2.02. The number of amides is 1. The maximum Gasteiger partial charge on any atom is 0.339 e. The van der Waals surface area contributed by atoms with Crippen molar-refractivity contribution in [2.45, 2.75) is 30.2 Å². The fourth-order valence-electron chi connectivity index (χ4n) is 2.38. The Kier molecular flexibility index (Phi) is 4.94. The van der Waals surface area contributed by atoms with Crippen molar-refractivity contribution < 1.29 is 22.7 Å². The molecule has 0 saturated heterocycles. The molecule has 0 spiro atoms. The molecule has 24 heavy (non-hydrogen) atoms. The van der Waals surface area contributed by atoms with Gasteiger partial charge in [-0.15, -0.1) is 0 Å². The number of rotatable bonds is 6. The zero-order valence-corrected chi connectivity index (χ0v) is 14.2. The van der Waals surface area contributed by atoms with Crippen LogP contribution in [0.3, 0.4) is 0 Å². The van der Waals surface area contributed by atoms with Crippen LogP contribution in [0.25, 0.3) is 0 Å². The molecule has 1 fully saturated rings. The van der Waals surface area contributed by atoms with Gasteiger partial charge < -0.3 is 10.1 Å². The summed E-state index contributed by atoms with van der Waals surface area (Å²) in [5.74, 6) is -1.40. The summed E-state index contributed by atoms with van der Waals surface area (Å²) >= 11 is 0. The Morgan fingerprint density at radius 2 is 2.00 bits per heavy atom. The van der Waals surface area contributed by atoms with E-state index in [0.29, 0.717) is 0 Å². The number of benzene rings is 1. The van der Waals surface area contributed by atoms with Crippen molar-refractivity contribution in [1.82, 2.24) is 5.32 Å². The minimum Gasteiger partial charge on any atom is -0.452 e. The van der Waals surface area contributed by atoms with Gasteiger partial charge in [0.1, 0.15) is 5.54 Å². The van der Waals surface area contributed by atoms with Gasteiger partial charge in [-0.25, -0.2) is 13.2 Å². The number of nitriles is 1. The van der Waals surface area contributed by atoms with Gasteiger partial charge in [0.15, 0.2) is 16.4 Å². The van der Waals surface area contributed by atoms with E-state index in [-0.39, 0.29) is 16.4 Å². The van der Waals surface area contributed by atoms with Crippen LogP contribution in [0.4, 0.5) is 0 Å². The Labute approximate surface area is 140 Å². The summed E-state index contributed by atoms with van der Waals surface area (Å²) in [4.78, 5) is 23.8. The molecule has 7 nitrogen and oxygen atoms in total. The number of carbonyl (C=O) groups is 2. The van der Waals surface area contributed by atoms with Crippen LogP contribution in [0.1, 0.15) is 30.1 Å². The Bertz CT molecular complexity index is 808. The topological polar surface area (TPSA) is 113 Å². The largest absolute Gasteiger partial charge is 0.452 e. The molecule has 1 amide bonds. The first kappa shape index (κ1) is 17.9. The molecule has 0 heterocycles. The first-order chi connectivity index (χ1) is 11.2. The smallest absolute Gasteiger partial charge is 0.339 e. The molecule has 0 radical (unpaired) electrons. The van der Waals surface area contributed by atoms with E-state index in [1.165, 1.54) is 24.3 Å². The highest BCUT2D eigenvalue weighted by Crippen LogP contribution is 2.39. The average molecular weight is 350 g/mol. The summed E-state index contributed by atoms with van der Waals surface area (Å²) in [5.41, 5.74) is -1.10. The molecule has 1 aliphatic rings. The van der Waals surface area contributed by atoms with Gasteiger partial charge in [0, 0.05) is 6.26 Å². The fraction of sp³-hybridized carbons (Fsp3) is 0.438. The zero-order valence-electron chi connectivity index (χ0n) is 13.4. The third kappa shape index (κ3) is 4.11. The number of esters is 1. The van der Waals surface area contributed by atoms with Gasteiger partial charge in [0.2, 0.25) is 0 Å². The summed E-state index contributed by atoms with van der Waals surface area (Å²) < 4.78 is 28.3. The van der Waals surface area contributed by atoms with E-state index in [4.69, 9.17) is 4.74 Å². The van der Waals surface area contributed by atoms with E-state index >= 15 is 0 Å². The Morgan fingerprint density at radius 1 is 1.38 bits per heavy atom. The van der Waals surface area contributed by atoms with Gasteiger partial charge in [0.05, 0.1) is 16.5 Å². The van der Waals surface area contributed by atoms with Crippen LogP contribution >= 0.6 is 0 Å². The molecular weight excluding hydrogens is 332 g/mol. The molecular formula is C16H18N2O5S. The molecule has 1 saturated carbocycles. The van der Waals surface area contributed by atoms with Gasteiger partial charge in [-0.3, -0.25) is 4.79 Å². The molecule has 1 N–H and O–H groups in total. The molecule has 0 unspecified atom stereocenters. The molecule has 0 aliphatic heterocycles. The number of carbonyl (C=O) groups excluding carboxylic acids is 2. The van der Waals surface area contributed by atoms with Gasteiger partial charge in [0.25, 0.3) is 5.91 Å². The van der Waals surface area contributed by atoms with Gasteiger partial charge in [-0.2, -0.15) is 5.26 Å². The molecule has 1 aliphatic carbocycles. The van der Waals surface area contributed by atoms with Crippen LogP contribution in [-0.4, -0.2) is 38.7 Å². The first-order valence-corrected chi connectivity index (χ1v) is 9.25. The molecule has 8 heteroatoms. The van der Waals surface area contributed by atoms with Crippen molar-refractivity contribution >= 4 is 21.7 Å². The van der Waals surface area contributed by atoms with E-state index < -0.39 is 33.9 Å². The van der Waals surface area contributed by atoms with Crippen molar-refractivity contribution in [1.29, 1.82) is 5.26 Å². The first-order valence-electron chi connectivity index (χ1n) is 7.36. The van der Waals surface area contributed by atoms with Gasteiger partial charge in [-0.1, -0.05) is 12.1 Å². The third-order valence-electron chi connectivity index (χ3n) is 3.87. The molecule has 128 valence electrons. The van der Waals surface area contributed by atoms with Crippen molar-refractivity contribution in [3.63, 3.8) is 0 Å². The van der Waals surface area contributed by atoms with Crippen LogP contribution in [-0.2, 0) is 19.4 Å². The quantitative estimate of drug-likeness (QED) is 0.767. The number of sulfone groups is 1. The Hall–Kier alpha value is -2.40. The molecule has 1 aromatic carbocycles. The van der Waals surface area contributed by atoms with E-state index in [1.807, 2.05) is 0 Å². The number of nitrogens with zero attached hydrogens (tertiary/aromatic N) is 1. The highest BCUT2D eigenvalue weighted by atomic mass is 32.2. The van der Waals surface area contributed by atoms with E-state index in [9.17, 15) is 23.3 Å². The second-order valence-electron chi connectivity index (χ2n) is 5.98. The maximum absolute atomic E-state index is 12.1. The number of ether oxygens (including phenoxy) is 1. The second-order valence-corrected chi connectivity index (χ2v) is 7.97. The van der Waals surface area contributed by atoms with Crippen molar-refractivity contribution in [3.05, 3.63) is 29.8 Å². The number of hydrogen-bond acceptors (Lipinski definition) is 6. The van der Waals surface area contributed by atoms with E-state index in [2.05, 4.69) is 11.4 Å². The summed E-state index contributed by atoms with van der Waals surface area (Å²) in [6, 6.07) is 7.68. The highest BCUT2D eigenvalue weighted by Gasteiger charge is 2.43. The lowest BCUT2D eigenvalue weighted by Crippen LogP contribution is -2.48. The molecule has 0 aromatic heterocycles. The highest BCUT2D eigenvalue weighted by molar-refractivity contribution is 7.90. The van der Waals surface area contributed by atoms with Gasteiger partial charge in [-0.05, 0) is 37.8 Å². The number of nitrogens with one attached hydrogen (secondary N) is 1. The van der Waals surface area contributed by atoms with Crippen molar-refractivity contribution in [2.24, 2.45) is 5.92 Å². The monoisotopic (exact) mass is 350 g/mol. The summed E-state index contributed by atoms with van der Waals surface area (Å²) in [6.45, 7) is 1.05. The van der Waals surface area contributed by atoms with Crippen molar-refractivity contribution in [2.75, 3.05) is 12.9 Å². The average Bonchev–Trinajstić information content (AvgIpc) is 3.37. The van der Waals surface area contributed by atoms with E-state index in [0.717, 1.165) is 19.1 Å². The van der Waals surface area contributed by atoms with Crippen LogP contribution in [0.2, 0.25) is 0 Å². The molecule has 0 bridgehead atoms.